The Hall–Kier alpha value is -0.930. The number of halogens is 1. The Bertz CT molecular complexity index is 362. The van der Waals surface area contributed by atoms with Gasteiger partial charge in [0.05, 0.1) is 0 Å². The van der Waals surface area contributed by atoms with E-state index in [1.54, 1.807) is 0 Å². The molecule has 0 fully saturated rings. The molecule has 1 aromatic carbocycles. The molecule has 2 nitrogen and oxygen atoms in total. The summed E-state index contributed by atoms with van der Waals surface area (Å²) in [6, 6.07) is 7.78. The van der Waals surface area contributed by atoms with Gasteiger partial charge in [-0.2, -0.15) is 0 Å². The van der Waals surface area contributed by atoms with Crippen LogP contribution in [0.3, 0.4) is 0 Å². The first-order chi connectivity index (χ1) is 9.54. The van der Waals surface area contributed by atoms with Crippen LogP contribution < -0.4 is 5.32 Å². The third-order valence-corrected chi connectivity index (χ3v) is 3.89. The van der Waals surface area contributed by atoms with Crippen molar-refractivity contribution in [2.75, 3.05) is 20.1 Å². The zero-order valence-corrected chi connectivity index (χ0v) is 13.3. The summed E-state index contributed by atoms with van der Waals surface area (Å²) in [4.78, 5) is 2.37. The van der Waals surface area contributed by atoms with E-state index < -0.39 is 0 Å². The highest BCUT2D eigenvalue weighted by atomic mass is 19.1. The first-order valence-corrected chi connectivity index (χ1v) is 7.73. The number of nitrogens with zero attached hydrogens (tertiary/aromatic N) is 1. The van der Waals surface area contributed by atoms with Crippen LogP contribution >= 0.6 is 0 Å². The number of rotatable bonds is 9. The molecule has 0 aliphatic carbocycles. The Morgan fingerprint density at radius 3 is 2.35 bits per heavy atom. The number of benzene rings is 1. The lowest BCUT2D eigenvalue weighted by Crippen LogP contribution is -2.28. The fraction of sp³-hybridized carbons (Fsp3) is 0.647. The maximum Gasteiger partial charge on any atom is 0.123 e. The number of nitrogens with one attached hydrogen (secondary N) is 1. The van der Waals surface area contributed by atoms with Crippen molar-refractivity contribution in [1.82, 2.24) is 10.2 Å². The minimum atomic E-state index is -0.166. The van der Waals surface area contributed by atoms with Crippen LogP contribution in [0, 0.1) is 5.82 Å². The van der Waals surface area contributed by atoms with Crippen molar-refractivity contribution in [1.29, 1.82) is 0 Å². The van der Waals surface area contributed by atoms with Crippen LogP contribution in [0.1, 0.15) is 51.6 Å². The van der Waals surface area contributed by atoms with Crippen LogP contribution in [0.5, 0.6) is 0 Å². The van der Waals surface area contributed by atoms with Gasteiger partial charge in [-0.1, -0.05) is 19.1 Å². The lowest BCUT2D eigenvalue weighted by molar-refractivity contribution is 0.267. The van der Waals surface area contributed by atoms with E-state index in [0.29, 0.717) is 12.1 Å². The largest absolute Gasteiger partial charge is 0.310 e. The number of unbranched alkanes of at least 4 members (excludes halogenated alkanes) is 1. The molecule has 3 heteroatoms. The predicted molar refractivity (Wildman–Crippen MR) is 84.4 cm³/mol. The molecule has 0 saturated carbocycles. The Kier molecular flexibility index (Phi) is 7.78. The Labute approximate surface area is 123 Å². The zero-order valence-electron chi connectivity index (χ0n) is 13.3. The monoisotopic (exact) mass is 280 g/mol. The fourth-order valence-electron chi connectivity index (χ4n) is 2.21. The van der Waals surface area contributed by atoms with Gasteiger partial charge < -0.3 is 10.2 Å². The Morgan fingerprint density at radius 1 is 1.15 bits per heavy atom. The van der Waals surface area contributed by atoms with E-state index in [2.05, 4.69) is 38.0 Å². The lowest BCUT2D eigenvalue weighted by Gasteiger charge is -2.21. The average Bonchev–Trinajstić information content (AvgIpc) is 2.43. The molecule has 0 radical (unpaired) electrons. The van der Waals surface area contributed by atoms with Crippen molar-refractivity contribution in [3.8, 4) is 0 Å². The van der Waals surface area contributed by atoms with Gasteiger partial charge >= 0.3 is 0 Å². The Morgan fingerprint density at radius 2 is 1.80 bits per heavy atom. The van der Waals surface area contributed by atoms with Gasteiger partial charge in [-0.25, -0.2) is 4.39 Å². The summed E-state index contributed by atoms with van der Waals surface area (Å²) in [5.41, 5.74) is 1.17. The first-order valence-electron chi connectivity index (χ1n) is 7.73. The predicted octanol–water partition coefficient (Wildman–Crippen LogP) is 3.99. The van der Waals surface area contributed by atoms with Gasteiger partial charge in [0.15, 0.2) is 0 Å². The van der Waals surface area contributed by atoms with Crippen LogP contribution in [0.15, 0.2) is 24.3 Å². The van der Waals surface area contributed by atoms with Crippen molar-refractivity contribution in [2.24, 2.45) is 0 Å². The van der Waals surface area contributed by atoms with Crippen LogP contribution in [0.25, 0.3) is 0 Å². The molecular weight excluding hydrogens is 251 g/mol. The van der Waals surface area contributed by atoms with E-state index in [-0.39, 0.29) is 5.82 Å². The minimum Gasteiger partial charge on any atom is -0.310 e. The molecule has 0 spiro atoms. The van der Waals surface area contributed by atoms with Crippen LogP contribution in [-0.4, -0.2) is 31.1 Å². The second-order valence-corrected chi connectivity index (χ2v) is 5.75. The molecule has 0 bridgehead atoms. The molecule has 1 N–H and O–H groups in total. The quantitative estimate of drug-likeness (QED) is 0.688. The molecule has 0 amide bonds. The van der Waals surface area contributed by atoms with Crippen molar-refractivity contribution in [3.05, 3.63) is 35.6 Å². The fourth-order valence-corrected chi connectivity index (χ4v) is 2.21. The summed E-state index contributed by atoms with van der Waals surface area (Å²) in [5, 5.41) is 3.57. The van der Waals surface area contributed by atoms with Gasteiger partial charge in [0, 0.05) is 12.1 Å². The van der Waals surface area contributed by atoms with E-state index in [0.717, 1.165) is 19.5 Å². The van der Waals surface area contributed by atoms with Crippen molar-refractivity contribution < 1.29 is 4.39 Å². The molecule has 0 heterocycles. The molecule has 1 rings (SSSR count). The third kappa shape index (κ3) is 6.02. The molecule has 1 unspecified atom stereocenters. The average molecular weight is 280 g/mol. The summed E-state index contributed by atoms with van der Waals surface area (Å²) >= 11 is 0. The molecule has 0 aliphatic rings. The van der Waals surface area contributed by atoms with Gasteiger partial charge in [0.1, 0.15) is 5.82 Å². The third-order valence-electron chi connectivity index (χ3n) is 3.89. The molecule has 20 heavy (non-hydrogen) atoms. The molecule has 1 atom stereocenters. The van der Waals surface area contributed by atoms with E-state index in [1.807, 2.05) is 12.1 Å². The summed E-state index contributed by atoms with van der Waals surface area (Å²) in [5.74, 6) is -0.166. The van der Waals surface area contributed by atoms with Gasteiger partial charge in [-0.15, -0.1) is 0 Å². The highest BCUT2D eigenvalue weighted by Gasteiger charge is 2.08. The first kappa shape index (κ1) is 17.1. The molecule has 114 valence electrons. The molecule has 0 aromatic heterocycles. The van der Waals surface area contributed by atoms with Crippen molar-refractivity contribution in [2.45, 2.75) is 52.1 Å². The van der Waals surface area contributed by atoms with Gasteiger partial charge in [-0.3, -0.25) is 0 Å². The Balaban J connectivity index is 2.27. The second-order valence-electron chi connectivity index (χ2n) is 5.75. The van der Waals surface area contributed by atoms with Gasteiger partial charge in [0.25, 0.3) is 0 Å². The minimum absolute atomic E-state index is 0.166. The molecule has 0 aliphatic heterocycles. The van der Waals surface area contributed by atoms with Crippen LogP contribution in [0.2, 0.25) is 0 Å². The van der Waals surface area contributed by atoms with E-state index >= 15 is 0 Å². The lowest BCUT2D eigenvalue weighted by atomic mass is 10.0. The number of hydrogen-bond acceptors (Lipinski definition) is 2. The van der Waals surface area contributed by atoms with Gasteiger partial charge in [-0.05, 0) is 70.9 Å². The highest BCUT2D eigenvalue weighted by molar-refractivity contribution is 5.19. The van der Waals surface area contributed by atoms with Crippen LogP contribution in [0.4, 0.5) is 4.39 Å². The second kappa shape index (κ2) is 9.09. The molecule has 0 saturated heterocycles. The summed E-state index contributed by atoms with van der Waals surface area (Å²) in [6.07, 6.45) is 3.41. The molecule has 1 aromatic rings. The SMILES string of the molecule is CCC(NCCCCN(C)C(C)C)c1ccc(F)cc1. The highest BCUT2D eigenvalue weighted by Crippen LogP contribution is 2.16. The molecular formula is C17H29FN2. The smallest absolute Gasteiger partial charge is 0.123 e. The van der Waals surface area contributed by atoms with Gasteiger partial charge in [0.2, 0.25) is 0 Å². The van der Waals surface area contributed by atoms with Crippen molar-refractivity contribution >= 4 is 0 Å². The zero-order chi connectivity index (χ0) is 15.0. The van der Waals surface area contributed by atoms with Crippen molar-refractivity contribution in [3.63, 3.8) is 0 Å². The van der Waals surface area contributed by atoms with E-state index in [1.165, 1.54) is 30.5 Å². The summed E-state index contributed by atoms with van der Waals surface area (Å²) < 4.78 is 12.9. The standard InChI is InChI=1S/C17H29FN2/c1-5-17(15-8-10-16(18)11-9-15)19-12-6-7-13-20(4)14(2)3/h8-11,14,17,19H,5-7,12-13H2,1-4H3. The number of hydrogen-bond donors (Lipinski definition) is 1. The van der Waals surface area contributed by atoms with E-state index in [9.17, 15) is 4.39 Å². The topological polar surface area (TPSA) is 15.3 Å². The summed E-state index contributed by atoms with van der Waals surface area (Å²) in [6.45, 7) is 8.77. The normalized spacial score (nSPS) is 13.2. The summed E-state index contributed by atoms with van der Waals surface area (Å²) in [7, 11) is 2.17. The van der Waals surface area contributed by atoms with E-state index in [4.69, 9.17) is 0 Å². The maximum atomic E-state index is 12.9. The van der Waals surface area contributed by atoms with Crippen LogP contribution in [-0.2, 0) is 0 Å². The maximum absolute atomic E-state index is 12.9.